The first kappa shape index (κ1) is 13.4. The van der Waals surface area contributed by atoms with Crippen LogP contribution in [-0.4, -0.2) is 19.1 Å². The van der Waals surface area contributed by atoms with Crippen LogP contribution in [0.3, 0.4) is 0 Å². The SMILES string of the molecule is Cc1ccc(Nc2nc(N(C)C)c(C#N)s2)cc1C. The first-order chi connectivity index (χ1) is 9.01. The van der Waals surface area contributed by atoms with Crippen molar-refractivity contribution in [3.63, 3.8) is 0 Å². The summed E-state index contributed by atoms with van der Waals surface area (Å²) in [6.45, 7) is 4.16. The standard InChI is InChI=1S/C14H16N4S/c1-9-5-6-11(7-10(9)2)16-14-17-13(18(3)4)12(8-15)19-14/h5-7H,1-4H3,(H,16,17). The Morgan fingerprint density at radius 2 is 2.00 bits per heavy atom. The van der Waals surface area contributed by atoms with Crippen molar-refractivity contribution in [1.29, 1.82) is 5.26 Å². The van der Waals surface area contributed by atoms with E-state index in [4.69, 9.17) is 5.26 Å². The molecular weight excluding hydrogens is 256 g/mol. The Kier molecular flexibility index (Phi) is 3.72. The van der Waals surface area contributed by atoms with E-state index >= 15 is 0 Å². The average Bonchev–Trinajstić information content (AvgIpc) is 2.77. The maximum absolute atomic E-state index is 9.09. The number of anilines is 3. The van der Waals surface area contributed by atoms with Crippen molar-refractivity contribution < 1.29 is 0 Å². The fraction of sp³-hybridized carbons (Fsp3) is 0.286. The molecule has 0 spiro atoms. The molecule has 0 saturated carbocycles. The van der Waals surface area contributed by atoms with Gasteiger partial charge in [-0.1, -0.05) is 17.4 Å². The Morgan fingerprint density at radius 3 is 2.53 bits per heavy atom. The fourth-order valence-corrected chi connectivity index (χ4v) is 2.54. The molecule has 1 N–H and O–H groups in total. The van der Waals surface area contributed by atoms with Crippen molar-refractivity contribution in [3.8, 4) is 6.07 Å². The maximum Gasteiger partial charge on any atom is 0.190 e. The van der Waals surface area contributed by atoms with Crippen LogP contribution in [0.15, 0.2) is 18.2 Å². The highest BCUT2D eigenvalue weighted by Gasteiger charge is 2.12. The van der Waals surface area contributed by atoms with Crippen LogP contribution in [0.2, 0.25) is 0 Å². The van der Waals surface area contributed by atoms with Gasteiger partial charge in [-0.25, -0.2) is 4.98 Å². The highest BCUT2D eigenvalue weighted by atomic mass is 32.1. The van der Waals surface area contributed by atoms with Crippen molar-refractivity contribution in [2.45, 2.75) is 13.8 Å². The van der Waals surface area contributed by atoms with Crippen LogP contribution in [0.5, 0.6) is 0 Å². The Morgan fingerprint density at radius 1 is 1.26 bits per heavy atom. The smallest absolute Gasteiger partial charge is 0.190 e. The van der Waals surface area contributed by atoms with E-state index in [1.54, 1.807) is 0 Å². The summed E-state index contributed by atoms with van der Waals surface area (Å²) < 4.78 is 0. The molecule has 5 heteroatoms. The summed E-state index contributed by atoms with van der Waals surface area (Å²) in [6, 6.07) is 8.35. The minimum atomic E-state index is 0.622. The monoisotopic (exact) mass is 272 g/mol. The first-order valence-corrected chi connectivity index (χ1v) is 6.75. The normalized spacial score (nSPS) is 10.1. The highest BCUT2D eigenvalue weighted by molar-refractivity contribution is 7.16. The third kappa shape index (κ3) is 2.85. The van der Waals surface area contributed by atoms with Gasteiger partial charge in [0.25, 0.3) is 0 Å². The van der Waals surface area contributed by atoms with Gasteiger partial charge in [0.05, 0.1) is 0 Å². The molecule has 0 unspecified atom stereocenters. The van der Waals surface area contributed by atoms with E-state index in [1.165, 1.54) is 22.5 Å². The number of hydrogen-bond acceptors (Lipinski definition) is 5. The number of rotatable bonds is 3. The van der Waals surface area contributed by atoms with Crippen molar-refractivity contribution in [3.05, 3.63) is 34.2 Å². The van der Waals surface area contributed by atoms with Crippen LogP contribution in [0.25, 0.3) is 0 Å². The number of hydrogen-bond donors (Lipinski definition) is 1. The van der Waals surface area contributed by atoms with Crippen molar-refractivity contribution in [2.24, 2.45) is 0 Å². The lowest BCUT2D eigenvalue weighted by atomic mass is 10.1. The molecule has 2 aromatic rings. The minimum Gasteiger partial charge on any atom is -0.361 e. The van der Waals surface area contributed by atoms with E-state index in [2.05, 4.69) is 42.4 Å². The molecule has 0 saturated heterocycles. The van der Waals surface area contributed by atoms with E-state index < -0.39 is 0 Å². The van der Waals surface area contributed by atoms with Crippen molar-refractivity contribution in [2.75, 3.05) is 24.3 Å². The second-order valence-corrected chi connectivity index (χ2v) is 5.60. The molecule has 0 fully saturated rings. The Labute approximate surface area is 117 Å². The van der Waals surface area contributed by atoms with Gasteiger partial charge in [0.15, 0.2) is 15.8 Å². The van der Waals surface area contributed by atoms with E-state index in [1.807, 2.05) is 25.1 Å². The number of thiazole rings is 1. The molecule has 0 atom stereocenters. The molecular formula is C14H16N4S. The average molecular weight is 272 g/mol. The topological polar surface area (TPSA) is 52.0 Å². The number of aromatic nitrogens is 1. The van der Waals surface area contributed by atoms with Gasteiger partial charge < -0.3 is 10.2 Å². The van der Waals surface area contributed by atoms with Gasteiger partial charge in [0, 0.05) is 19.8 Å². The fourth-order valence-electron chi connectivity index (χ4n) is 1.68. The lowest BCUT2D eigenvalue weighted by Crippen LogP contribution is -2.10. The van der Waals surface area contributed by atoms with Crippen LogP contribution < -0.4 is 10.2 Å². The number of aryl methyl sites for hydroxylation is 2. The summed E-state index contributed by atoms with van der Waals surface area (Å²) in [4.78, 5) is 6.91. The first-order valence-electron chi connectivity index (χ1n) is 5.94. The maximum atomic E-state index is 9.09. The number of nitriles is 1. The summed E-state index contributed by atoms with van der Waals surface area (Å²) in [6.07, 6.45) is 0. The van der Waals surface area contributed by atoms with E-state index in [9.17, 15) is 0 Å². The Balaban J connectivity index is 2.28. The Bertz CT molecular complexity index is 637. The summed E-state index contributed by atoms with van der Waals surface area (Å²) in [5, 5.41) is 13.1. The van der Waals surface area contributed by atoms with E-state index in [-0.39, 0.29) is 0 Å². The molecule has 1 aromatic carbocycles. The third-order valence-electron chi connectivity index (χ3n) is 2.89. The summed E-state index contributed by atoms with van der Waals surface area (Å²) in [7, 11) is 3.77. The second-order valence-electron chi connectivity index (χ2n) is 4.60. The molecule has 1 heterocycles. The van der Waals surface area contributed by atoms with Gasteiger partial charge in [-0.05, 0) is 37.1 Å². The number of benzene rings is 1. The molecule has 98 valence electrons. The minimum absolute atomic E-state index is 0.622. The number of nitrogens with one attached hydrogen (secondary N) is 1. The van der Waals surface area contributed by atoms with E-state index in [0.29, 0.717) is 10.7 Å². The van der Waals surface area contributed by atoms with Gasteiger partial charge in [0.2, 0.25) is 0 Å². The lowest BCUT2D eigenvalue weighted by Gasteiger charge is -2.08. The van der Waals surface area contributed by atoms with Crippen LogP contribution in [0.4, 0.5) is 16.6 Å². The van der Waals surface area contributed by atoms with Crippen molar-refractivity contribution >= 4 is 28.0 Å². The molecule has 0 radical (unpaired) electrons. The van der Waals surface area contributed by atoms with Gasteiger partial charge >= 0.3 is 0 Å². The Hall–Kier alpha value is -2.06. The second kappa shape index (κ2) is 5.29. The highest BCUT2D eigenvalue weighted by Crippen LogP contribution is 2.30. The molecule has 0 aliphatic carbocycles. The summed E-state index contributed by atoms with van der Waals surface area (Å²) in [5.74, 6) is 0.707. The molecule has 0 amide bonds. The quantitative estimate of drug-likeness (QED) is 0.930. The van der Waals surface area contributed by atoms with Gasteiger partial charge in [0.1, 0.15) is 6.07 Å². The predicted molar refractivity (Wildman–Crippen MR) is 80.4 cm³/mol. The molecule has 0 bridgehead atoms. The molecule has 2 rings (SSSR count). The van der Waals surface area contributed by atoms with Crippen LogP contribution >= 0.6 is 11.3 Å². The molecule has 0 aliphatic rings. The van der Waals surface area contributed by atoms with Crippen LogP contribution in [0.1, 0.15) is 16.0 Å². The third-order valence-corrected chi connectivity index (χ3v) is 3.76. The van der Waals surface area contributed by atoms with E-state index in [0.717, 1.165) is 10.8 Å². The zero-order valence-corrected chi connectivity index (χ0v) is 12.3. The molecule has 0 aliphatic heterocycles. The van der Waals surface area contributed by atoms with Gasteiger partial charge in [-0.2, -0.15) is 5.26 Å². The predicted octanol–water partition coefficient (Wildman–Crippen LogP) is 3.44. The van der Waals surface area contributed by atoms with Gasteiger partial charge in [-0.3, -0.25) is 0 Å². The van der Waals surface area contributed by atoms with Crippen LogP contribution in [0, 0.1) is 25.2 Å². The molecule has 4 nitrogen and oxygen atoms in total. The van der Waals surface area contributed by atoms with Crippen LogP contribution in [-0.2, 0) is 0 Å². The largest absolute Gasteiger partial charge is 0.361 e. The zero-order valence-electron chi connectivity index (χ0n) is 11.5. The zero-order chi connectivity index (χ0) is 14.0. The van der Waals surface area contributed by atoms with Crippen molar-refractivity contribution in [1.82, 2.24) is 4.98 Å². The summed E-state index contributed by atoms with van der Waals surface area (Å²) in [5.41, 5.74) is 3.48. The summed E-state index contributed by atoms with van der Waals surface area (Å²) >= 11 is 1.37. The number of nitrogens with zero attached hydrogens (tertiary/aromatic N) is 3. The molecule has 19 heavy (non-hydrogen) atoms. The molecule has 1 aromatic heterocycles. The lowest BCUT2D eigenvalue weighted by molar-refractivity contribution is 1.08. The van der Waals surface area contributed by atoms with Gasteiger partial charge in [-0.15, -0.1) is 0 Å².